The van der Waals surface area contributed by atoms with Gasteiger partial charge >= 0.3 is 0 Å². The molecule has 3 spiro atoms. The lowest BCUT2D eigenvalue weighted by Gasteiger charge is -2.56. The van der Waals surface area contributed by atoms with Crippen molar-refractivity contribution in [1.29, 1.82) is 0 Å². The molecule has 3 atom stereocenters. The summed E-state index contributed by atoms with van der Waals surface area (Å²) in [5.41, 5.74) is -1.08. The molecule has 0 amide bonds. The molecule has 0 radical (unpaired) electrons. The van der Waals surface area contributed by atoms with Crippen molar-refractivity contribution >= 4 is 5.78 Å². The minimum absolute atomic E-state index is 0.0472. The molecule has 3 aliphatic heterocycles. The maximum absolute atomic E-state index is 13.1. The van der Waals surface area contributed by atoms with Gasteiger partial charge in [0.2, 0.25) is 0 Å². The smallest absolute Gasteiger partial charge is 0.190 e. The van der Waals surface area contributed by atoms with Gasteiger partial charge in [0.05, 0.1) is 0 Å². The summed E-state index contributed by atoms with van der Waals surface area (Å²) in [6.07, 6.45) is 8.32. The Balaban J connectivity index is 1.86. The molecule has 3 heterocycles. The van der Waals surface area contributed by atoms with Crippen LogP contribution in [0.2, 0.25) is 0 Å². The number of ether oxygens (including phenoxy) is 3. The van der Waals surface area contributed by atoms with Crippen molar-refractivity contribution in [3.05, 3.63) is 11.6 Å². The van der Waals surface area contributed by atoms with Gasteiger partial charge in [0.1, 0.15) is 11.2 Å². The van der Waals surface area contributed by atoms with E-state index in [4.69, 9.17) is 14.2 Å². The van der Waals surface area contributed by atoms with Gasteiger partial charge in [-0.2, -0.15) is 0 Å². The summed E-state index contributed by atoms with van der Waals surface area (Å²) in [5.74, 6) is 0.0472. The Labute approximate surface area is 137 Å². The van der Waals surface area contributed by atoms with E-state index >= 15 is 0 Å². The van der Waals surface area contributed by atoms with Gasteiger partial charge in [-0.3, -0.25) is 4.79 Å². The SMILES string of the molecule is O=C1C=C(CCCO)[C@]2(CCCO2)[C@@]2(CCCO2)[C@]12CCCO2. The van der Waals surface area contributed by atoms with Crippen molar-refractivity contribution in [2.75, 3.05) is 26.4 Å². The van der Waals surface area contributed by atoms with Gasteiger partial charge in [-0.15, -0.1) is 0 Å². The number of hydrogen-bond donors (Lipinski definition) is 1. The summed E-state index contributed by atoms with van der Waals surface area (Å²) in [6.45, 7) is 2.10. The molecule has 0 saturated carbocycles. The Morgan fingerprint density at radius 1 is 0.957 bits per heavy atom. The third kappa shape index (κ3) is 1.91. The van der Waals surface area contributed by atoms with Crippen LogP contribution in [0, 0.1) is 0 Å². The summed E-state index contributed by atoms with van der Waals surface area (Å²) < 4.78 is 18.8. The number of rotatable bonds is 3. The molecule has 3 saturated heterocycles. The molecule has 0 bridgehead atoms. The topological polar surface area (TPSA) is 65.0 Å². The summed E-state index contributed by atoms with van der Waals surface area (Å²) in [5, 5.41) is 9.25. The molecule has 4 rings (SSSR count). The lowest BCUT2D eigenvalue weighted by atomic mass is 9.58. The largest absolute Gasteiger partial charge is 0.396 e. The second kappa shape index (κ2) is 5.66. The highest BCUT2D eigenvalue weighted by molar-refractivity contribution is 6.01. The van der Waals surface area contributed by atoms with Crippen LogP contribution in [0.5, 0.6) is 0 Å². The maximum atomic E-state index is 13.1. The van der Waals surface area contributed by atoms with Crippen molar-refractivity contribution in [1.82, 2.24) is 0 Å². The Kier molecular flexibility index (Phi) is 3.88. The summed E-state index contributed by atoms with van der Waals surface area (Å²) in [6, 6.07) is 0. The van der Waals surface area contributed by atoms with Crippen molar-refractivity contribution in [2.45, 2.75) is 68.2 Å². The number of aliphatic hydroxyl groups excluding tert-OH is 1. The molecule has 1 aliphatic carbocycles. The van der Waals surface area contributed by atoms with Gasteiger partial charge < -0.3 is 19.3 Å². The van der Waals surface area contributed by atoms with Crippen LogP contribution in [-0.4, -0.2) is 54.1 Å². The molecule has 5 nitrogen and oxygen atoms in total. The first kappa shape index (κ1) is 15.8. The van der Waals surface area contributed by atoms with Crippen LogP contribution < -0.4 is 0 Å². The van der Waals surface area contributed by atoms with Crippen LogP contribution in [0.1, 0.15) is 51.4 Å². The fourth-order valence-corrected chi connectivity index (χ4v) is 5.36. The number of ketones is 1. The fourth-order valence-electron chi connectivity index (χ4n) is 5.36. The zero-order valence-electron chi connectivity index (χ0n) is 13.6. The molecule has 1 N–H and O–H groups in total. The van der Waals surface area contributed by atoms with E-state index in [1.165, 1.54) is 0 Å². The van der Waals surface area contributed by atoms with Gasteiger partial charge in [0.15, 0.2) is 11.4 Å². The molecule has 3 fully saturated rings. The molecule has 0 aromatic rings. The van der Waals surface area contributed by atoms with E-state index < -0.39 is 16.8 Å². The van der Waals surface area contributed by atoms with E-state index in [0.29, 0.717) is 32.7 Å². The van der Waals surface area contributed by atoms with Gasteiger partial charge in [0.25, 0.3) is 0 Å². The minimum Gasteiger partial charge on any atom is -0.396 e. The second-order valence-corrected chi connectivity index (χ2v) is 7.20. The van der Waals surface area contributed by atoms with Crippen LogP contribution in [-0.2, 0) is 19.0 Å². The highest BCUT2D eigenvalue weighted by atomic mass is 16.6. The fraction of sp³-hybridized carbons (Fsp3) is 0.833. The van der Waals surface area contributed by atoms with Crippen LogP contribution in [0.3, 0.4) is 0 Å². The first-order valence-corrected chi connectivity index (χ1v) is 8.99. The summed E-state index contributed by atoms with van der Waals surface area (Å²) >= 11 is 0. The molecule has 5 heteroatoms. The molecular formula is C18H26O5. The highest BCUT2D eigenvalue weighted by Crippen LogP contribution is 2.60. The van der Waals surface area contributed by atoms with E-state index in [0.717, 1.165) is 44.1 Å². The van der Waals surface area contributed by atoms with Gasteiger partial charge in [-0.1, -0.05) is 0 Å². The molecule has 0 aromatic heterocycles. The first-order valence-electron chi connectivity index (χ1n) is 8.99. The molecule has 0 aromatic carbocycles. The maximum Gasteiger partial charge on any atom is 0.190 e. The number of hydrogen-bond acceptors (Lipinski definition) is 5. The molecule has 128 valence electrons. The Morgan fingerprint density at radius 2 is 1.61 bits per heavy atom. The van der Waals surface area contributed by atoms with E-state index in [1.807, 2.05) is 0 Å². The number of fused-ring (bicyclic) bond motifs is 2. The molecular weight excluding hydrogens is 296 g/mol. The zero-order valence-corrected chi connectivity index (χ0v) is 13.6. The third-order valence-corrected chi connectivity index (χ3v) is 6.20. The van der Waals surface area contributed by atoms with E-state index in [9.17, 15) is 9.90 Å². The van der Waals surface area contributed by atoms with Gasteiger partial charge in [0, 0.05) is 26.4 Å². The Bertz CT molecular complexity index is 506. The zero-order chi connectivity index (χ0) is 16.0. The van der Waals surface area contributed by atoms with E-state index in [1.54, 1.807) is 6.08 Å². The number of aliphatic hydroxyl groups is 1. The van der Waals surface area contributed by atoms with Crippen molar-refractivity contribution in [3.63, 3.8) is 0 Å². The van der Waals surface area contributed by atoms with Gasteiger partial charge in [-0.25, -0.2) is 0 Å². The quantitative estimate of drug-likeness (QED) is 0.860. The molecule has 4 aliphatic rings. The number of carbonyl (C=O) groups is 1. The predicted octanol–water partition coefficient (Wildman–Crippen LogP) is 1.92. The summed E-state index contributed by atoms with van der Waals surface area (Å²) in [7, 11) is 0. The predicted molar refractivity (Wildman–Crippen MR) is 83.2 cm³/mol. The van der Waals surface area contributed by atoms with Crippen LogP contribution in [0.25, 0.3) is 0 Å². The van der Waals surface area contributed by atoms with Gasteiger partial charge in [-0.05, 0) is 63.0 Å². The molecule has 0 unspecified atom stereocenters. The normalized spacial score (nSPS) is 43.2. The van der Waals surface area contributed by atoms with Crippen molar-refractivity contribution in [2.24, 2.45) is 0 Å². The second-order valence-electron chi connectivity index (χ2n) is 7.20. The number of carbonyl (C=O) groups excluding carboxylic acids is 1. The average Bonchev–Trinajstić information content (AvgIpc) is 3.30. The van der Waals surface area contributed by atoms with Crippen LogP contribution >= 0.6 is 0 Å². The lowest BCUT2D eigenvalue weighted by molar-refractivity contribution is -0.240. The Morgan fingerprint density at radius 3 is 2.17 bits per heavy atom. The van der Waals surface area contributed by atoms with E-state index in [2.05, 4.69) is 0 Å². The Hall–Kier alpha value is -0.750. The highest BCUT2D eigenvalue weighted by Gasteiger charge is 2.73. The van der Waals surface area contributed by atoms with E-state index in [-0.39, 0.29) is 12.4 Å². The van der Waals surface area contributed by atoms with Crippen molar-refractivity contribution < 1.29 is 24.1 Å². The van der Waals surface area contributed by atoms with Crippen LogP contribution in [0.4, 0.5) is 0 Å². The lowest BCUT2D eigenvalue weighted by Crippen LogP contribution is -2.72. The van der Waals surface area contributed by atoms with Crippen LogP contribution in [0.15, 0.2) is 11.6 Å². The standard InChI is InChI=1S/C18H26O5/c19-9-1-5-14-13-15(20)17(7-3-11-22-17)18(8-4-12-23-18)16(14)6-2-10-21-16/h13,19H,1-12H2/t16-,17+,18+/m1/s1. The van der Waals surface area contributed by atoms with Crippen molar-refractivity contribution in [3.8, 4) is 0 Å². The first-order chi connectivity index (χ1) is 11.2. The average molecular weight is 322 g/mol. The monoisotopic (exact) mass is 322 g/mol. The minimum atomic E-state index is -0.865. The molecule has 23 heavy (non-hydrogen) atoms. The third-order valence-electron chi connectivity index (χ3n) is 6.20. The summed E-state index contributed by atoms with van der Waals surface area (Å²) in [4.78, 5) is 13.1.